The summed E-state index contributed by atoms with van der Waals surface area (Å²) in [7, 11) is 1.41. The summed E-state index contributed by atoms with van der Waals surface area (Å²) in [6, 6.07) is 17.6. The fourth-order valence-electron chi connectivity index (χ4n) is 4.68. The van der Waals surface area contributed by atoms with E-state index in [1.807, 2.05) is 64.1 Å². The zero-order valence-electron chi connectivity index (χ0n) is 21.3. The van der Waals surface area contributed by atoms with Crippen molar-refractivity contribution < 1.29 is 18.4 Å². The lowest BCUT2D eigenvalue weighted by molar-refractivity contribution is 0.244. The van der Waals surface area contributed by atoms with Gasteiger partial charge >= 0.3 is 6.03 Å². The van der Waals surface area contributed by atoms with Crippen LogP contribution in [0.2, 0.25) is 0 Å². The molecule has 4 aromatic rings. The van der Waals surface area contributed by atoms with E-state index < -0.39 is 11.9 Å². The number of carbonyl (C=O) groups excluding carboxylic acids is 1. The summed E-state index contributed by atoms with van der Waals surface area (Å²) in [5, 5.41) is 7.24. The molecule has 0 bridgehead atoms. The van der Waals surface area contributed by atoms with Crippen LogP contribution in [-0.4, -0.2) is 23.3 Å². The molecule has 0 spiro atoms. The summed E-state index contributed by atoms with van der Waals surface area (Å²) in [6.45, 7) is 7.85. The van der Waals surface area contributed by atoms with Gasteiger partial charge in [-0.2, -0.15) is 4.98 Å². The van der Waals surface area contributed by atoms with E-state index in [4.69, 9.17) is 9.26 Å². The van der Waals surface area contributed by atoms with Crippen LogP contribution in [0.25, 0.3) is 17.0 Å². The lowest BCUT2D eigenvalue weighted by Gasteiger charge is -2.35. The van der Waals surface area contributed by atoms with Gasteiger partial charge in [0.15, 0.2) is 11.6 Å². The smallest absolute Gasteiger partial charge is 0.326 e. The van der Waals surface area contributed by atoms with Crippen LogP contribution in [0.1, 0.15) is 41.1 Å². The topological polar surface area (TPSA) is 80.5 Å². The Bertz CT molecular complexity index is 1500. The number of aromatic nitrogens is 2. The standard InChI is InChI=1S/C29H27FN4O3/c1-16-6-8-20(9-7-16)26-25(19(4)34(29(35)31-26)22-13-17(2)12-18(3)14-22)28-32-27(33-37-28)21-10-11-24(36-5)23(30)15-21/h6-15,26H,1-5H3,(H,31,35). The molecule has 0 saturated heterocycles. The number of methoxy groups -OCH3 is 1. The van der Waals surface area contributed by atoms with Crippen molar-refractivity contribution in [2.75, 3.05) is 12.0 Å². The number of allylic oxidation sites excluding steroid dienone is 1. The van der Waals surface area contributed by atoms with Crippen molar-refractivity contribution in [1.82, 2.24) is 15.5 Å². The zero-order chi connectivity index (χ0) is 26.3. The average Bonchev–Trinajstić information content (AvgIpc) is 3.33. The van der Waals surface area contributed by atoms with Gasteiger partial charge in [-0.25, -0.2) is 9.18 Å². The first-order chi connectivity index (χ1) is 17.7. The summed E-state index contributed by atoms with van der Waals surface area (Å²) < 4.78 is 25.1. The predicted octanol–water partition coefficient (Wildman–Crippen LogP) is 6.51. The molecule has 1 aromatic heterocycles. The van der Waals surface area contributed by atoms with E-state index >= 15 is 0 Å². The van der Waals surface area contributed by atoms with Crippen molar-refractivity contribution in [3.8, 4) is 17.1 Å². The summed E-state index contributed by atoms with van der Waals surface area (Å²) in [6.07, 6.45) is 0. The third-order valence-corrected chi connectivity index (χ3v) is 6.43. The van der Waals surface area contributed by atoms with Gasteiger partial charge in [0.1, 0.15) is 0 Å². The van der Waals surface area contributed by atoms with Gasteiger partial charge in [-0.3, -0.25) is 4.90 Å². The number of aryl methyl sites for hydroxylation is 3. The van der Waals surface area contributed by atoms with Crippen molar-refractivity contribution in [1.29, 1.82) is 0 Å². The van der Waals surface area contributed by atoms with Crippen LogP contribution >= 0.6 is 0 Å². The Kier molecular flexibility index (Phi) is 6.25. The van der Waals surface area contributed by atoms with Crippen LogP contribution in [0, 0.1) is 26.6 Å². The molecular formula is C29H27FN4O3. The van der Waals surface area contributed by atoms with Gasteiger partial charge in [-0.1, -0.05) is 41.1 Å². The molecule has 0 saturated carbocycles. The average molecular weight is 499 g/mol. The molecule has 0 aliphatic carbocycles. The van der Waals surface area contributed by atoms with E-state index in [-0.39, 0.29) is 23.5 Å². The van der Waals surface area contributed by atoms with Crippen molar-refractivity contribution in [3.63, 3.8) is 0 Å². The number of nitrogens with one attached hydrogen (secondary N) is 1. The summed E-state index contributed by atoms with van der Waals surface area (Å²) >= 11 is 0. The molecule has 188 valence electrons. The number of benzene rings is 3. The van der Waals surface area contributed by atoms with Crippen LogP contribution < -0.4 is 15.0 Å². The first-order valence-electron chi connectivity index (χ1n) is 11.9. The van der Waals surface area contributed by atoms with Gasteiger partial charge in [0.25, 0.3) is 5.89 Å². The minimum absolute atomic E-state index is 0.129. The fourth-order valence-corrected chi connectivity index (χ4v) is 4.68. The Hall–Kier alpha value is -4.46. The Labute approximate surface area is 214 Å². The number of nitrogens with zero attached hydrogens (tertiary/aromatic N) is 3. The molecule has 1 atom stereocenters. The highest BCUT2D eigenvalue weighted by Gasteiger charge is 2.36. The number of hydrogen-bond donors (Lipinski definition) is 1. The maximum absolute atomic E-state index is 14.3. The number of halogens is 1. The monoisotopic (exact) mass is 498 g/mol. The minimum Gasteiger partial charge on any atom is -0.494 e. The highest BCUT2D eigenvalue weighted by molar-refractivity contribution is 6.01. The number of hydrogen-bond acceptors (Lipinski definition) is 5. The van der Waals surface area contributed by atoms with Crippen LogP contribution in [0.15, 0.2) is 70.9 Å². The quantitative estimate of drug-likeness (QED) is 0.339. The van der Waals surface area contributed by atoms with Gasteiger partial charge in [0.2, 0.25) is 5.82 Å². The Morgan fingerprint density at radius 3 is 2.30 bits per heavy atom. The molecule has 8 heteroatoms. The van der Waals surface area contributed by atoms with Crippen molar-refractivity contribution in [3.05, 3.63) is 100 Å². The third-order valence-electron chi connectivity index (χ3n) is 6.43. The predicted molar refractivity (Wildman–Crippen MR) is 140 cm³/mol. The van der Waals surface area contributed by atoms with Crippen LogP contribution in [0.3, 0.4) is 0 Å². The molecule has 0 fully saturated rings. The minimum atomic E-state index is -0.523. The molecule has 5 rings (SSSR count). The molecule has 0 radical (unpaired) electrons. The Balaban J connectivity index is 1.65. The van der Waals surface area contributed by atoms with E-state index in [1.165, 1.54) is 19.2 Å². The number of urea groups is 1. The second-order valence-corrected chi connectivity index (χ2v) is 9.25. The van der Waals surface area contributed by atoms with Crippen LogP contribution in [0.5, 0.6) is 5.75 Å². The molecule has 1 unspecified atom stereocenters. The maximum atomic E-state index is 14.3. The Morgan fingerprint density at radius 2 is 1.65 bits per heavy atom. The molecule has 3 aromatic carbocycles. The lowest BCUT2D eigenvalue weighted by Crippen LogP contribution is -2.46. The van der Waals surface area contributed by atoms with Gasteiger partial charge in [0.05, 0.1) is 24.4 Å². The molecule has 1 N–H and O–H groups in total. The normalized spacial score (nSPS) is 15.7. The van der Waals surface area contributed by atoms with Gasteiger partial charge < -0.3 is 14.6 Å². The van der Waals surface area contributed by atoms with Crippen molar-refractivity contribution in [2.45, 2.75) is 33.7 Å². The third kappa shape index (κ3) is 4.58. The SMILES string of the molecule is COc1ccc(-c2noc(C3=C(C)N(c4cc(C)cc(C)c4)C(=O)NC3c3ccc(C)cc3)n2)cc1F. The number of carbonyl (C=O) groups is 1. The molecular weight excluding hydrogens is 471 g/mol. The molecule has 1 aliphatic heterocycles. The summed E-state index contributed by atoms with van der Waals surface area (Å²) in [4.78, 5) is 19.7. The molecule has 1 aliphatic rings. The molecule has 37 heavy (non-hydrogen) atoms. The molecule has 7 nitrogen and oxygen atoms in total. The maximum Gasteiger partial charge on any atom is 0.326 e. The lowest BCUT2D eigenvalue weighted by atomic mass is 9.93. The molecule has 2 heterocycles. The second kappa shape index (κ2) is 9.54. The van der Waals surface area contributed by atoms with E-state index in [0.29, 0.717) is 16.8 Å². The fraction of sp³-hybridized carbons (Fsp3) is 0.207. The largest absolute Gasteiger partial charge is 0.494 e. The highest BCUT2D eigenvalue weighted by atomic mass is 19.1. The summed E-state index contributed by atoms with van der Waals surface area (Å²) in [5.41, 5.74) is 6.58. The highest BCUT2D eigenvalue weighted by Crippen LogP contribution is 2.39. The second-order valence-electron chi connectivity index (χ2n) is 9.25. The Morgan fingerprint density at radius 1 is 0.946 bits per heavy atom. The van der Waals surface area contributed by atoms with E-state index in [9.17, 15) is 9.18 Å². The number of rotatable bonds is 5. The number of anilines is 1. The number of ether oxygens (including phenoxy) is 1. The first kappa shape index (κ1) is 24.2. The van der Waals surface area contributed by atoms with E-state index in [0.717, 1.165) is 27.9 Å². The van der Waals surface area contributed by atoms with E-state index in [1.54, 1.807) is 11.0 Å². The van der Waals surface area contributed by atoms with E-state index in [2.05, 4.69) is 21.5 Å². The summed E-state index contributed by atoms with van der Waals surface area (Å²) in [5.74, 6) is 0.0766. The number of amides is 2. The van der Waals surface area contributed by atoms with Crippen LogP contribution in [-0.2, 0) is 0 Å². The molecule has 2 amide bonds. The van der Waals surface area contributed by atoms with Crippen LogP contribution in [0.4, 0.5) is 14.9 Å². The van der Waals surface area contributed by atoms with Gasteiger partial charge in [-0.15, -0.1) is 0 Å². The zero-order valence-corrected chi connectivity index (χ0v) is 21.3. The van der Waals surface area contributed by atoms with Gasteiger partial charge in [0, 0.05) is 11.3 Å². The first-order valence-corrected chi connectivity index (χ1v) is 11.9. The van der Waals surface area contributed by atoms with Gasteiger partial charge in [-0.05, 0) is 74.7 Å². The van der Waals surface area contributed by atoms with Crippen molar-refractivity contribution in [2.24, 2.45) is 0 Å². The van der Waals surface area contributed by atoms with Crippen molar-refractivity contribution >= 4 is 17.3 Å².